The molecule has 1 fully saturated rings. The molecule has 3 rings (SSSR count). The lowest BCUT2D eigenvalue weighted by atomic mass is 9.93. The van der Waals surface area contributed by atoms with Crippen LogP contribution < -0.4 is 0 Å². The zero-order chi connectivity index (χ0) is 13.5. The summed E-state index contributed by atoms with van der Waals surface area (Å²) in [4.78, 5) is 11.3. The average Bonchev–Trinajstić information content (AvgIpc) is 3.20. The Hall–Kier alpha value is -2.16. The summed E-state index contributed by atoms with van der Waals surface area (Å²) in [7, 11) is 0. The van der Waals surface area contributed by atoms with Crippen molar-refractivity contribution in [2.45, 2.75) is 18.3 Å². The molecule has 96 valence electrons. The molecule has 1 N–H and O–H groups in total. The van der Waals surface area contributed by atoms with Crippen molar-refractivity contribution in [3.63, 3.8) is 0 Å². The van der Waals surface area contributed by atoms with Crippen LogP contribution in [0.5, 0.6) is 0 Å². The summed E-state index contributed by atoms with van der Waals surface area (Å²) in [5.41, 5.74) is 1.71. The maximum absolute atomic E-state index is 13.2. The molecular weight excluding hydrogens is 243 g/mol. The first-order valence-electron chi connectivity index (χ1n) is 6.22. The van der Waals surface area contributed by atoms with Gasteiger partial charge in [-0.05, 0) is 41.7 Å². The number of halogens is 1. The second-order valence-electron chi connectivity index (χ2n) is 4.98. The molecule has 0 aliphatic heterocycles. The lowest BCUT2D eigenvalue weighted by Crippen LogP contribution is -2.19. The number of carbonyl (C=O) groups is 1. The molecule has 0 amide bonds. The Balaban J connectivity index is 2.04. The number of hydrogen-bond donors (Lipinski definition) is 1. The molecule has 0 spiro atoms. The van der Waals surface area contributed by atoms with Gasteiger partial charge in [0.05, 0.1) is 5.41 Å². The summed E-state index contributed by atoms with van der Waals surface area (Å²) < 4.78 is 13.2. The van der Waals surface area contributed by atoms with E-state index in [-0.39, 0.29) is 5.82 Å². The Morgan fingerprint density at radius 1 is 1.05 bits per heavy atom. The number of hydrogen-bond acceptors (Lipinski definition) is 1. The van der Waals surface area contributed by atoms with Gasteiger partial charge in [-0.15, -0.1) is 0 Å². The molecule has 0 saturated heterocycles. The van der Waals surface area contributed by atoms with Gasteiger partial charge in [0.25, 0.3) is 0 Å². The molecule has 3 heteroatoms. The van der Waals surface area contributed by atoms with E-state index >= 15 is 0 Å². The molecule has 0 radical (unpaired) electrons. The first-order valence-corrected chi connectivity index (χ1v) is 6.22. The number of aliphatic carboxylic acids is 1. The van der Waals surface area contributed by atoms with Crippen molar-refractivity contribution in [3.8, 4) is 11.1 Å². The molecule has 0 atom stereocenters. The minimum Gasteiger partial charge on any atom is -0.481 e. The first kappa shape index (κ1) is 11.9. The SMILES string of the molecule is O=C(O)C1(c2cccc(-c3cccc(F)c3)c2)CC1. The summed E-state index contributed by atoms with van der Waals surface area (Å²) in [5.74, 6) is -1.06. The summed E-state index contributed by atoms with van der Waals surface area (Å²) in [6, 6.07) is 13.7. The van der Waals surface area contributed by atoms with Gasteiger partial charge < -0.3 is 5.11 Å². The van der Waals surface area contributed by atoms with Crippen molar-refractivity contribution >= 4 is 5.97 Å². The fraction of sp³-hybridized carbons (Fsp3) is 0.188. The van der Waals surface area contributed by atoms with E-state index in [1.165, 1.54) is 12.1 Å². The van der Waals surface area contributed by atoms with Gasteiger partial charge in [-0.1, -0.05) is 36.4 Å². The maximum Gasteiger partial charge on any atom is 0.314 e. The highest BCUT2D eigenvalue weighted by Gasteiger charge is 2.51. The number of carboxylic acids is 1. The highest BCUT2D eigenvalue weighted by Crippen LogP contribution is 2.49. The second kappa shape index (κ2) is 4.19. The Bertz CT molecular complexity index is 645. The molecule has 19 heavy (non-hydrogen) atoms. The lowest BCUT2D eigenvalue weighted by Gasteiger charge is -2.12. The Labute approximate surface area is 110 Å². The summed E-state index contributed by atoms with van der Waals surface area (Å²) in [6.07, 6.45) is 1.35. The standard InChI is InChI=1S/C16H13FO2/c17-14-6-2-4-12(10-14)11-3-1-5-13(9-11)16(7-8-16)15(18)19/h1-6,9-10H,7-8H2,(H,18,19). The van der Waals surface area contributed by atoms with Crippen molar-refractivity contribution in [2.75, 3.05) is 0 Å². The van der Waals surface area contributed by atoms with E-state index in [2.05, 4.69) is 0 Å². The topological polar surface area (TPSA) is 37.3 Å². The average molecular weight is 256 g/mol. The van der Waals surface area contributed by atoms with Gasteiger partial charge >= 0.3 is 5.97 Å². The molecule has 2 nitrogen and oxygen atoms in total. The van der Waals surface area contributed by atoms with E-state index in [1.54, 1.807) is 6.07 Å². The smallest absolute Gasteiger partial charge is 0.314 e. The summed E-state index contributed by atoms with van der Waals surface area (Å²) >= 11 is 0. The number of benzene rings is 2. The van der Waals surface area contributed by atoms with Crippen molar-refractivity contribution in [1.29, 1.82) is 0 Å². The van der Waals surface area contributed by atoms with Gasteiger partial charge in [-0.3, -0.25) is 4.79 Å². The van der Waals surface area contributed by atoms with E-state index in [1.807, 2.05) is 30.3 Å². The highest BCUT2D eigenvalue weighted by atomic mass is 19.1. The van der Waals surface area contributed by atoms with Crippen molar-refractivity contribution in [3.05, 3.63) is 59.9 Å². The fourth-order valence-electron chi connectivity index (χ4n) is 2.42. The monoisotopic (exact) mass is 256 g/mol. The van der Waals surface area contributed by atoms with Gasteiger partial charge in [-0.25, -0.2) is 4.39 Å². The van der Waals surface area contributed by atoms with E-state index in [9.17, 15) is 14.3 Å². The van der Waals surface area contributed by atoms with Crippen LogP contribution in [-0.2, 0) is 10.2 Å². The summed E-state index contributed by atoms with van der Waals surface area (Å²) in [5, 5.41) is 9.30. The van der Waals surface area contributed by atoms with Gasteiger partial charge in [0.15, 0.2) is 0 Å². The molecule has 1 aliphatic carbocycles. The quantitative estimate of drug-likeness (QED) is 0.910. The molecular formula is C16H13FO2. The highest BCUT2D eigenvalue weighted by molar-refractivity contribution is 5.85. The molecule has 1 aliphatic rings. The van der Waals surface area contributed by atoms with Crippen LogP contribution in [0, 0.1) is 5.82 Å². The molecule has 0 bridgehead atoms. The Morgan fingerprint density at radius 2 is 1.68 bits per heavy atom. The predicted octanol–water partition coefficient (Wildman–Crippen LogP) is 3.61. The molecule has 0 aromatic heterocycles. The Morgan fingerprint density at radius 3 is 2.26 bits per heavy atom. The molecule has 2 aromatic rings. The third kappa shape index (κ3) is 2.01. The fourth-order valence-corrected chi connectivity index (χ4v) is 2.42. The van der Waals surface area contributed by atoms with Crippen LogP contribution in [-0.4, -0.2) is 11.1 Å². The molecule has 2 aromatic carbocycles. The minimum atomic E-state index is -0.774. The zero-order valence-corrected chi connectivity index (χ0v) is 10.3. The van der Waals surface area contributed by atoms with Crippen LogP contribution >= 0.6 is 0 Å². The zero-order valence-electron chi connectivity index (χ0n) is 10.3. The van der Waals surface area contributed by atoms with Crippen molar-refractivity contribution < 1.29 is 14.3 Å². The van der Waals surface area contributed by atoms with Crippen LogP contribution in [0.3, 0.4) is 0 Å². The van der Waals surface area contributed by atoms with Gasteiger partial charge in [0, 0.05) is 0 Å². The normalized spacial score (nSPS) is 16.1. The maximum atomic E-state index is 13.2. The van der Waals surface area contributed by atoms with Crippen molar-refractivity contribution in [1.82, 2.24) is 0 Å². The minimum absolute atomic E-state index is 0.290. The summed E-state index contributed by atoms with van der Waals surface area (Å²) in [6.45, 7) is 0. The van der Waals surface area contributed by atoms with E-state index in [0.717, 1.165) is 16.7 Å². The third-order valence-electron chi connectivity index (χ3n) is 3.73. The molecule has 0 unspecified atom stereocenters. The second-order valence-corrected chi connectivity index (χ2v) is 4.98. The largest absolute Gasteiger partial charge is 0.481 e. The van der Waals surface area contributed by atoms with Crippen molar-refractivity contribution in [2.24, 2.45) is 0 Å². The van der Waals surface area contributed by atoms with Crippen LogP contribution in [0.2, 0.25) is 0 Å². The van der Waals surface area contributed by atoms with E-state index < -0.39 is 11.4 Å². The van der Waals surface area contributed by atoms with Gasteiger partial charge in [0.2, 0.25) is 0 Å². The van der Waals surface area contributed by atoms with Crippen LogP contribution in [0.1, 0.15) is 18.4 Å². The molecule has 0 heterocycles. The van der Waals surface area contributed by atoms with E-state index in [0.29, 0.717) is 12.8 Å². The predicted molar refractivity (Wildman–Crippen MR) is 70.4 cm³/mol. The van der Waals surface area contributed by atoms with Crippen LogP contribution in [0.25, 0.3) is 11.1 Å². The van der Waals surface area contributed by atoms with Crippen LogP contribution in [0.4, 0.5) is 4.39 Å². The molecule has 1 saturated carbocycles. The number of carboxylic acid groups (broad SMARTS) is 1. The number of rotatable bonds is 3. The third-order valence-corrected chi connectivity index (χ3v) is 3.73. The first-order chi connectivity index (χ1) is 9.12. The van der Waals surface area contributed by atoms with Gasteiger partial charge in [-0.2, -0.15) is 0 Å². The van der Waals surface area contributed by atoms with Gasteiger partial charge in [0.1, 0.15) is 5.82 Å². The van der Waals surface area contributed by atoms with E-state index in [4.69, 9.17) is 0 Å². The Kier molecular flexibility index (Phi) is 2.63. The van der Waals surface area contributed by atoms with Crippen LogP contribution in [0.15, 0.2) is 48.5 Å². The lowest BCUT2D eigenvalue weighted by molar-refractivity contribution is -0.140.